The number of rotatable bonds is 11. The van der Waals surface area contributed by atoms with E-state index in [9.17, 15) is 18.0 Å². The Balaban J connectivity index is 1.26. The van der Waals surface area contributed by atoms with Crippen molar-refractivity contribution < 1.29 is 32.2 Å². The third-order valence-corrected chi connectivity index (χ3v) is 8.82. The average molecular weight is 616 g/mol. The van der Waals surface area contributed by atoms with Crippen molar-refractivity contribution in [2.24, 2.45) is 0 Å². The highest BCUT2D eigenvalue weighted by Crippen LogP contribution is 2.28. The van der Waals surface area contributed by atoms with Crippen LogP contribution >= 0.6 is 0 Å². The van der Waals surface area contributed by atoms with Crippen LogP contribution in [0.3, 0.4) is 0 Å². The molecule has 0 saturated carbocycles. The van der Waals surface area contributed by atoms with Crippen molar-refractivity contribution in [1.82, 2.24) is 0 Å². The Morgan fingerprint density at radius 1 is 0.886 bits per heavy atom. The number of methoxy groups -OCH3 is 1. The second-order valence-corrected chi connectivity index (χ2v) is 11.9. The number of ether oxygens (including phenoxy) is 3. The van der Waals surface area contributed by atoms with E-state index in [1.165, 1.54) is 35.7 Å². The lowest BCUT2D eigenvalue weighted by molar-refractivity contribution is -0.119. The van der Waals surface area contributed by atoms with Gasteiger partial charge in [-0.25, -0.2) is 13.2 Å². The number of anilines is 3. The fraction of sp³-hybridized carbons (Fsp3) is 0.212. The fourth-order valence-electron chi connectivity index (χ4n) is 4.71. The minimum absolute atomic E-state index is 0.00290. The Morgan fingerprint density at radius 2 is 1.59 bits per heavy atom. The van der Waals surface area contributed by atoms with E-state index in [1.807, 2.05) is 42.5 Å². The van der Waals surface area contributed by atoms with Gasteiger partial charge in [-0.05, 0) is 72.3 Å². The van der Waals surface area contributed by atoms with Crippen LogP contribution in [0, 0.1) is 0 Å². The molecule has 1 saturated heterocycles. The third-order valence-electron chi connectivity index (χ3n) is 7.05. The van der Waals surface area contributed by atoms with Crippen molar-refractivity contribution in [3.63, 3.8) is 0 Å². The van der Waals surface area contributed by atoms with Gasteiger partial charge >= 0.3 is 5.97 Å². The number of morpholine rings is 1. The van der Waals surface area contributed by atoms with E-state index in [0.717, 1.165) is 24.3 Å². The zero-order chi connectivity index (χ0) is 30.9. The highest BCUT2D eigenvalue weighted by Gasteiger charge is 2.27. The third kappa shape index (κ3) is 7.55. The minimum atomic E-state index is -4.12. The number of nitrogens with zero attached hydrogens (tertiary/aromatic N) is 2. The average Bonchev–Trinajstić information content (AvgIpc) is 3.07. The van der Waals surface area contributed by atoms with Gasteiger partial charge in [0.05, 0.1) is 43.0 Å². The summed E-state index contributed by atoms with van der Waals surface area (Å²) in [6.07, 6.45) is 0. The number of carbonyl (C=O) groups is 2. The lowest BCUT2D eigenvalue weighted by Gasteiger charge is -2.28. The molecule has 44 heavy (non-hydrogen) atoms. The van der Waals surface area contributed by atoms with Gasteiger partial charge in [0.15, 0.2) is 6.61 Å². The highest BCUT2D eigenvalue weighted by atomic mass is 32.2. The Bertz CT molecular complexity index is 1670. The summed E-state index contributed by atoms with van der Waals surface area (Å²) in [5.41, 5.74) is 2.81. The van der Waals surface area contributed by atoms with Gasteiger partial charge in [-0.1, -0.05) is 36.4 Å². The Morgan fingerprint density at radius 3 is 2.27 bits per heavy atom. The molecule has 0 unspecified atom stereocenters. The summed E-state index contributed by atoms with van der Waals surface area (Å²) < 4.78 is 45.0. The van der Waals surface area contributed by atoms with Crippen LogP contribution in [-0.2, 0) is 30.8 Å². The van der Waals surface area contributed by atoms with Gasteiger partial charge in [0.2, 0.25) is 0 Å². The summed E-state index contributed by atoms with van der Waals surface area (Å²) in [7, 11) is -2.58. The van der Waals surface area contributed by atoms with Crippen molar-refractivity contribution in [3.8, 4) is 5.75 Å². The number of nitrogens with one attached hydrogen (secondary N) is 1. The maximum atomic E-state index is 13.9. The van der Waals surface area contributed by atoms with Gasteiger partial charge in [0, 0.05) is 24.5 Å². The summed E-state index contributed by atoms with van der Waals surface area (Å²) in [4.78, 5) is 27.5. The molecule has 0 bridgehead atoms. The number of amides is 1. The van der Waals surface area contributed by atoms with Crippen molar-refractivity contribution >= 4 is 39.0 Å². The number of esters is 1. The molecule has 1 amide bonds. The monoisotopic (exact) mass is 615 g/mol. The lowest BCUT2D eigenvalue weighted by Crippen LogP contribution is -2.36. The maximum absolute atomic E-state index is 13.9. The highest BCUT2D eigenvalue weighted by molar-refractivity contribution is 7.92. The molecule has 1 heterocycles. The Labute approximate surface area is 256 Å². The van der Waals surface area contributed by atoms with E-state index in [0.29, 0.717) is 30.3 Å². The van der Waals surface area contributed by atoms with E-state index >= 15 is 0 Å². The number of benzene rings is 4. The Hall–Kier alpha value is -4.87. The van der Waals surface area contributed by atoms with Crippen molar-refractivity contribution in [2.75, 3.05) is 54.5 Å². The predicted molar refractivity (Wildman–Crippen MR) is 168 cm³/mol. The molecule has 1 aliphatic rings. The first-order valence-electron chi connectivity index (χ1n) is 14.0. The first kappa shape index (κ1) is 30.6. The van der Waals surface area contributed by atoms with Crippen LogP contribution in [0.5, 0.6) is 5.75 Å². The number of hydrogen-bond donors (Lipinski definition) is 1. The van der Waals surface area contributed by atoms with Crippen LogP contribution in [0.4, 0.5) is 17.1 Å². The van der Waals surface area contributed by atoms with Crippen molar-refractivity contribution in [3.05, 3.63) is 114 Å². The van der Waals surface area contributed by atoms with Gasteiger partial charge in [-0.2, -0.15) is 0 Å². The van der Waals surface area contributed by atoms with E-state index in [2.05, 4.69) is 10.2 Å². The number of hydrogen-bond acceptors (Lipinski definition) is 8. The van der Waals surface area contributed by atoms with Gasteiger partial charge in [0.25, 0.3) is 15.9 Å². The first-order chi connectivity index (χ1) is 21.3. The van der Waals surface area contributed by atoms with E-state index < -0.39 is 28.5 Å². The smallest absolute Gasteiger partial charge is 0.338 e. The van der Waals surface area contributed by atoms with Crippen molar-refractivity contribution in [2.45, 2.75) is 11.4 Å². The lowest BCUT2D eigenvalue weighted by atomic mass is 10.2. The normalized spacial score (nSPS) is 13.2. The minimum Gasteiger partial charge on any atom is -0.497 e. The standard InChI is InChI=1S/C33H33N3O7S/c1-41-30-16-14-29(15-17-30)36(23-25-6-3-2-4-7-25)44(39,40)31-9-5-8-26(22-31)33(38)43-24-32(37)34-27-10-12-28(13-11-27)35-18-20-42-21-19-35/h2-17,22H,18-21,23-24H2,1H3,(H,34,37). The molecular formula is C33H33N3O7S. The van der Waals surface area contributed by atoms with Crippen LogP contribution in [-0.4, -0.2) is 60.3 Å². The summed E-state index contributed by atoms with van der Waals surface area (Å²) in [5.74, 6) is -0.752. The molecule has 0 spiro atoms. The maximum Gasteiger partial charge on any atom is 0.338 e. The van der Waals surface area contributed by atoms with Gasteiger partial charge < -0.3 is 24.4 Å². The van der Waals surface area contributed by atoms with Gasteiger partial charge in [-0.15, -0.1) is 0 Å². The van der Waals surface area contributed by atoms with Crippen molar-refractivity contribution in [1.29, 1.82) is 0 Å². The first-order valence-corrected chi connectivity index (χ1v) is 15.5. The molecule has 1 fully saturated rings. The van der Waals surface area contributed by atoms with E-state index in [4.69, 9.17) is 14.2 Å². The molecule has 228 valence electrons. The quantitative estimate of drug-likeness (QED) is 0.241. The molecule has 0 aromatic heterocycles. The Kier molecular flexibility index (Phi) is 9.78. The molecule has 4 aromatic carbocycles. The molecular weight excluding hydrogens is 582 g/mol. The second kappa shape index (κ2) is 14.1. The molecule has 10 nitrogen and oxygen atoms in total. The summed E-state index contributed by atoms with van der Waals surface area (Å²) in [6.45, 7) is 2.48. The van der Waals surface area contributed by atoms with Gasteiger partial charge in [-0.3, -0.25) is 9.10 Å². The second-order valence-electron chi connectivity index (χ2n) is 9.99. The SMILES string of the molecule is COc1ccc(N(Cc2ccccc2)S(=O)(=O)c2cccc(C(=O)OCC(=O)Nc3ccc(N4CCOCC4)cc3)c2)cc1. The summed E-state index contributed by atoms with van der Waals surface area (Å²) in [6, 6.07) is 28.8. The van der Waals surface area contributed by atoms with E-state index in [1.54, 1.807) is 36.4 Å². The number of sulfonamides is 1. The zero-order valence-corrected chi connectivity index (χ0v) is 25.0. The van der Waals surface area contributed by atoms with E-state index in [-0.39, 0.29) is 17.0 Å². The fourth-order valence-corrected chi connectivity index (χ4v) is 6.21. The molecule has 5 rings (SSSR count). The largest absolute Gasteiger partial charge is 0.497 e. The topological polar surface area (TPSA) is 114 Å². The molecule has 0 atom stereocenters. The van der Waals surface area contributed by atoms with Gasteiger partial charge in [0.1, 0.15) is 5.75 Å². The molecule has 1 aliphatic heterocycles. The molecule has 1 N–H and O–H groups in total. The molecule has 0 radical (unpaired) electrons. The zero-order valence-electron chi connectivity index (χ0n) is 24.2. The predicted octanol–water partition coefficient (Wildman–Crippen LogP) is 4.72. The van der Waals surface area contributed by atoms with Crippen LogP contribution < -0.4 is 19.3 Å². The molecule has 0 aliphatic carbocycles. The van der Waals surface area contributed by atoms with Crippen LogP contribution in [0.2, 0.25) is 0 Å². The molecule has 4 aromatic rings. The van der Waals surface area contributed by atoms with Crippen LogP contribution in [0.1, 0.15) is 15.9 Å². The summed E-state index contributed by atoms with van der Waals surface area (Å²) >= 11 is 0. The van der Waals surface area contributed by atoms with Crippen LogP contribution in [0.25, 0.3) is 0 Å². The number of carbonyl (C=O) groups excluding carboxylic acids is 2. The summed E-state index contributed by atoms with van der Waals surface area (Å²) in [5, 5.41) is 2.71. The molecule has 11 heteroatoms. The van der Waals surface area contributed by atoms with Crippen LogP contribution in [0.15, 0.2) is 108 Å².